The van der Waals surface area contributed by atoms with Gasteiger partial charge in [0.15, 0.2) is 18.9 Å². The predicted octanol–water partition coefficient (Wildman–Crippen LogP) is 19.7. The molecule has 1 aromatic heterocycles. The van der Waals surface area contributed by atoms with Crippen molar-refractivity contribution in [1.82, 2.24) is 4.98 Å². The average molecular weight is 1720 g/mol. The zero-order valence-electron chi connectivity index (χ0n) is 76.6. The number of rotatable bonds is 15. The van der Waals surface area contributed by atoms with Crippen molar-refractivity contribution in [3.63, 3.8) is 0 Å². The summed E-state index contributed by atoms with van der Waals surface area (Å²) >= 11 is 0. The molecular weight excluding hydrogens is 1560 g/mol. The lowest BCUT2D eigenvalue weighted by Gasteiger charge is -2.63. The van der Waals surface area contributed by atoms with Crippen LogP contribution in [0.1, 0.15) is 287 Å². The van der Waals surface area contributed by atoms with Crippen LogP contribution in [-0.4, -0.2) is 151 Å². The van der Waals surface area contributed by atoms with Gasteiger partial charge in [-0.15, -0.1) is 0 Å². The van der Waals surface area contributed by atoms with Gasteiger partial charge in [0.2, 0.25) is 0 Å². The highest BCUT2D eigenvalue weighted by molar-refractivity contribution is 5.94. The molecule has 7 heterocycles. The van der Waals surface area contributed by atoms with Gasteiger partial charge in [-0.2, -0.15) is 0 Å². The number of aldehydes is 1. The van der Waals surface area contributed by atoms with Gasteiger partial charge in [-0.1, -0.05) is 174 Å². The number of ether oxygens (including phenoxy) is 10. The molecular formula is C105H153NO18. The van der Waals surface area contributed by atoms with Crippen molar-refractivity contribution in [3.8, 4) is 5.75 Å². The van der Waals surface area contributed by atoms with Crippen LogP contribution in [0.15, 0.2) is 120 Å². The molecule has 12 saturated carbocycles. The van der Waals surface area contributed by atoms with Crippen molar-refractivity contribution in [2.45, 2.75) is 342 Å². The first-order valence-corrected chi connectivity index (χ1v) is 48.9. The Morgan fingerprint density at radius 2 is 0.831 bits per heavy atom. The van der Waals surface area contributed by atoms with Crippen LogP contribution >= 0.6 is 0 Å². The molecule has 0 spiro atoms. The van der Waals surface area contributed by atoms with Crippen molar-refractivity contribution in [2.75, 3.05) is 46.2 Å². The number of aliphatic hydroxyl groups is 4. The summed E-state index contributed by atoms with van der Waals surface area (Å²) in [6.07, 6.45) is 52.8. The Bertz CT molecular complexity index is 4090. The first-order chi connectivity index (χ1) is 59.4. The van der Waals surface area contributed by atoms with Gasteiger partial charge in [0.05, 0.1) is 80.4 Å². The molecule has 0 amide bonds. The molecule has 25 atom stereocenters. The largest absolute Gasteiger partial charge is 0.493 e. The molecule has 4 N–H and O–H groups in total. The number of carbonyl (C=O) groups excluding carboxylic acids is 4. The number of pyridine rings is 1. The number of hydrogen-bond donors (Lipinski definition) is 4. The number of aromatic nitrogens is 1. The van der Waals surface area contributed by atoms with Crippen molar-refractivity contribution < 1.29 is 87.0 Å². The zero-order valence-corrected chi connectivity index (χ0v) is 76.6. The number of esters is 3. The van der Waals surface area contributed by atoms with Crippen molar-refractivity contribution in [1.29, 1.82) is 0 Å². The first-order valence-electron chi connectivity index (χ1n) is 48.9. The normalized spacial score (nSPS) is 43.7. The second kappa shape index (κ2) is 38.9. The van der Waals surface area contributed by atoms with Gasteiger partial charge in [0, 0.05) is 57.7 Å². The van der Waals surface area contributed by atoms with Crippen LogP contribution in [0.2, 0.25) is 0 Å². The quantitative estimate of drug-likeness (QED) is 0.0418. The summed E-state index contributed by atoms with van der Waals surface area (Å²) < 4.78 is 60.2. The molecule has 0 aromatic carbocycles. The van der Waals surface area contributed by atoms with Gasteiger partial charge < -0.3 is 72.6 Å². The van der Waals surface area contributed by atoms with Gasteiger partial charge in [0.1, 0.15) is 37.5 Å². The lowest BCUT2D eigenvalue weighted by Crippen LogP contribution is -2.62. The number of fused-ring (bicyclic) bond motifs is 10. The van der Waals surface area contributed by atoms with Crippen LogP contribution < -0.4 is 4.74 Å². The molecule has 12 aliphatic carbocycles. The number of hydrogen-bond acceptors (Lipinski definition) is 19. The molecule has 19 heteroatoms. The van der Waals surface area contributed by atoms with Gasteiger partial charge in [-0.05, 0) is 267 Å². The van der Waals surface area contributed by atoms with Crippen LogP contribution in [0.5, 0.6) is 5.75 Å². The summed E-state index contributed by atoms with van der Waals surface area (Å²) in [5.74, 6) is 5.25. The van der Waals surface area contributed by atoms with Crippen LogP contribution in [0.4, 0.5) is 0 Å². The average Bonchev–Trinajstić information content (AvgIpc) is 1.22. The van der Waals surface area contributed by atoms with Crippen molar-refractivity contribution in [2.24, 2.45) is 114 Å². The van der Waals surface area contributed by atoms with Crippen LogP contribution in [0.25, 0.3) is 0 Å². The summed E-state index contributed by atoms with van der Waals surface area (Å²) in [7, 11) is 0. The molecule has 0 bridgehead atoms. The van der Waals surface area contributed by atoms with Gasteiger partial charge in [0.25, 0.3) is 0 Å². The molecule has 0 radical (unpaired) electrons. The van der Waals surface area contributed by atoms with Crippen LogP contribution in [0.3, 0.4) is 0 Å². The summed E-state index contributed by atoms with van der Waals surface area (Å²) in [4.78, 5) is 49.7. The Morgan fingerprint density at radius 3 is 1.20 bits per heavy atom. The lowest BCUT2D eigenvalue weighted by atomic mass is 9.46. The van der Waals surface area contributed by atoms with E-state index in [9.17, 15) is 39.6 Å². The number of cyclic esters (lactones) is 3. The molecule has 19 nitrogen and oxygen atoms in total. The second-order valence-corrected chi connectivity index (χ2v) is 43.8. The third kappa shape index (κ3) is 18.4. The Balaban J connectivity index is 0.000000125. The molecule has 18 aliphatic rings. The first kappa shape index (κ1) is 93.2. The van der Waals surface area contributed by atoms with E-state index in [1.54, 1.807) is 18.5 Å². The third-order valence-electron chi connectivity index (χ3n) is 36.8. The number of allylic oxidation sites excluding steroid dienone is 7. The van der Waals surface area contributed by atoms with E-state index in [0.29, 0.717) is 101 Å². The van der Waals surface area contributed by atoms with E-state index < -0.39 is 29.7 Å². The Labute approximate surface area is 741 Å². The Kier molecular flexibility index (Phi) is 29.3. The highest BCUT2D eigenvalue weighted by Gasteiger charge is 2.65. The van der Waals surface area contributed by atoms with E-state index in [4.69, 9.17) is 47.4 Å². The van der Waals surface area contributed by atoms with Crippen LogP contribution in [-0.2, 0) is 61.8 Å². The maximum absolute atomic E-state index is 12.0. The van der Waals surface area contributed by atoms with E-state index in [-0.39, 0.29) is 106 Å². The fourth-order valence-corrected chi connectivity index (χ4v) is 29.4. The minimum Gasteiger partial charge on any atom is -0.493 e. The standard InChI is InChI=1S/C27H39NO3.C26H38O5.C26H36O4.C20H30O5.C6H10O/c1-19-8-9-23-26(2,22(19)13-17-29-21-11-15-28-16-12-21)14-10-24-27(23,3)18-30-25(31-24)20-6-4-5-7-20;1-16-8-11-21-25(2,19(16)10-9-18-20(27)14-29-23(18)28)13-12-22-26(21,3)15-30-24(31-22)17-6-4-5-7-17;1-17-8-11-21-25(2,20(17)10-9-18-13-15-28-23(18)27)14-12-22-26(21,3)16-29-24(30-22)19-6-4-5-7-19;1-12-4-7-16-19(2,9-8-17(23)20(16,3)11-21)14(12)6-5-13-15(22)10-25-18(13)24;7-5-6-3-1-2-4-6/h11-12,15-16,20,22-25H,1,4-10,13-14,17-18H2,2-3H3;9,17,19-22,24,27H,1,4-8,10-15H2,2-3H3;9,13,15,19-22,24H,1,4-8,10-12,14,16H2,2-3H3;5,14-17,21-23H,1,4,6-11H2,2-3H3;5-6H,1-4H2/b;2*18-9+;13-5+;/t22-,23?,24-,25-,26+,27+;19-,20-,21?,22-,24-,25+,26+;20-,21?,22-,24-,25+,26+;14-,15-,16?,17-,19+,20+;/m1111./s1. The van der Waals surface area contributed by atoms with E-state index in [2.05, 4.69) is 85.8 Å². The van der Waals surface area contributed by atoms with E-state index in [1.807, 2.05) is 31.2 Å². The molecule has 686 valence electrons. The topological polar surface area (TPSA) is 254 Å². The van der Waals surface area contributed by atoms with Crippen molar-refractivity contribution in [3.05, 3.63) is 120 Å². The van der Waals surface area contributed by atoms with Gasteiger partial charge in [-0.25, -0.2) is 14.4 Å². The number of nitrogens with zero attached hydrogens (tertiary/aromatic N) is 1. The van der Waals surface area contributed by atoms with E-state index >= 15 is 0 Å². The molecule has 5 saturated heterocycles. The van der Waals surface area contributed by atoms with E-state index in [1.165, 1.54) is 126 Å². The molecule has 124 heavy (non-hydrogen) atoms. The highest BCUT2D eigenvalue weighted by Crippen LogP contribution is 2.68. The lowest BCUT2D eigenvalue weighted by molar-refractivity contribution is -0.316. The Morgan fingerprint density at radius 1 is 0.460 bits per heavy atom. The van der Waals surface area contributed by atoms with Gasteiger partial charge >= 0.3 is 17.9 Å². The van der Waals surface area contributed by atoms with Gasteiger partial charge in [-0.3, -0.25) is 4.98 Å². The minimum atomic E-state index is -0.844. The molecule has 19 rings (SSSR count). The molecule has 1 aromatic rings. The fraction of sp³-hybridized carbons (Fsp3) is 0.762. The smallest absolute Gasteiger partial charge is 0.342 e. The molecule has 6 aliphatic heterocycles. The summed E-state index contributed by atoms with van der Waals surface area (Å²) in [5.41, 5.74) is 6.72. The van der Waals surface area contributed by atoms with E-state index in [0.717, 1.165) is 160 Å². The van der Waals surface area contributed by atoms with Crippen LogP contribution in [0, 0.1) is 114 Å². The third-order valence-corrected chi connectivity index (χ3v) is 36.8. The molecule has 4 unspecified atom stereocenters. The number of aliphatic hydroxyl groups excluding tert-OH is 4. The predicted molar refractivity (Wildman–Crippen MR) is 476 cm³/mol. The zero-order chi connectivity index (χ0) is 87.7. The monoisotopic (exact) mass is 1720 g/mol. The summed E-state index contributed by atoms with van der Waals surface area (Å²) in [6, 6.07) is 3.87. The second-order valence-electron chi connectivity index (χ2n) is 43.8. The summed E-state index contributed by atoms with van der Waals surface area (Å²) in [6.45, 7) is 39.8. The highest BCUT2D eigenvalue weighted by atomic mass is 16.7. The summed E-state index contributed by atoms with van der Waals surface area (Å²) in [5, 5.41) is 40.5. The fourth-order valence-electron chi connectivity index (χ4n) is 29.4. The maximum Gasteiger partial charge on any atom is 0.342 e. The maximum atomic E-state index is 12.0. The molecule has 17 fully saturated rings. The SMILES string of the molecule is C=C1CCC2[C@](C)(CO)[C@H](O)CC[C@@]2(C)[C@@H]1C/C=C1/C(=O)OC[C@H]1O.C=C1CCC2[C@]3(C)CO[C@@H](C4CCCC4)O[C@@H]3CC[C@@]2(C)[C@@H]1C/C=C1/C(=O)OC[C@H]1O.C=C1CCC2[C@]3(C)CO[C@@H](C4CCCC4)O[C@@H]3CC[C@@]2(C)[C@@H]1C/C=C1\C=COC1=O.C=C1CCC2[C@]3(C)CO[C@@H](C4CCCC4)O[C@@H]3CC[C@@]2(C)[C@@H]1CCOc1ccncc1.O=CC1CCCC1. The number of carbonyl (C=O) groups is 4. The Hall–Kier alpha value is -5.45. The minimum absolute atomic E-state index is 0.00850. The van der Waals surface area contributed by atoms with Crippen molar-refractivity contribution >= 4 is 24.2 Å².